The lowest BCUT2D eigenvalue weighted by molar-refractivity contribution is -0.139. The first-order chi connectivity index (χ1) is 20.0. The fourth-order valence-electron chi connectivity index (χ4n) is 5.23. The first kappa shape index (κ1) is 29.6. The lowest BCUT2D eigenvalue weighted by Crippen LogP contribution is -2.55. The number of hydrogen-bond acceptors (Lipinski definition) is 7. The number of halogens is 2. The number of urea groups is 1. The Labute approximate surface area is 249 Å². The van der Waals surface area contributed by atoms with Crippen LogP contribution in [0.4, 0.5) is 4.79 Å². The molecule has 0 aliphatic carbocycles. The molecule has 3 heterocycles. The summed E-state index contributed by atoms with van der Waals surface area (Å²) in [5, 5.41) is 41.7. The first-order valence-electron chi connectivity index (χ1n) is 13.2. The number of likely N-dealkylation sites (tertiary alicyclic amines) is 1. The lowest BCUT2D eigenvalue weighted by Gasteiger charge is -2.33. The highest BCUT2D eigenvalue weighted by Crippen LogP contribution is 2.35. The number of β-amino-alcohol motifs (C(OH)–C–C–N with tert-alkyl or cyclic N) is 2. The van der Waals surface area contributed by atoms with Gasteiger partial charge in [-0.25, -0.2) is 9.59 Å². The van der Waals surface area contributed by atoms with E-state index in [-0.39, 0.29) is 47.6 Å². The van der Waals surface area contributed by atoms with Crippen LogP contribution < -0.4 is 10.6 Å². The third kappa shape index (κ3) is 6.14. The van der Waals surface area contributed by atoms with Gasteiger partial charge in [-0.2, -0.15) is 5.10 Å². The second-order valence-electron chi connectivity index (χ2n) is 10.3. The van der Waals surface area contributed by atoms with Gasteiger partial charge in [-0.3, -0.25) is 14.7 Å². The van der Waals surface area contributed by atoms with Crippen molar-refractivity contribution in [3.05, 3.63) is 62.8 Å². The molecule has 0 spiro atoms. The van der Waals surface area contributed by atoms with Crippen molar-refractivity contribution in [3.63, 3.8) is 0 Å². The zero-order valence-electron chi connectivity index (χ0n) is 22.1. The topological polar surface area (TPSA) is 188 Å². The maximum atomic E-state index is 13.2. The standard InChI is InChI=1S/C27H28Cl2N6O7/c28-19-5-15-10-34(25(39)13-1-2-14-8-31-33-20(14)6-13)4-3-18(15)23(29)22(19)24(38)32-21(26(40)41)9-30-27(42)35-11-16(36)7-17(37)12-35/h1-2,5-6,8,16-17,21,36-37H,3-4,7,9-12H2,(H,30,42)(H,31,33)(H,32,38)(H,40,41)/t16-,17+,21-/m0/s1. The zero-order valence-corrected chi connectivity index (χ0v) is 23.7. The van der Waals surface area contributed by atoms with E-state index >= 15 is 0 Å². The van der Waals surface area contributed by atoms with Crippen molar-refractivity contribution in [1.82, 2.24) is 30.6 Å². The molecule has 0 unspecified atom stereocenters. The number of aliphatic hydroxyl groups is 2. The molecule has 42 heavy (non-hydrogen) atoms. The molecule has 2 aliphatic heterocycles. The first-order valence-corrected chi connectivity index (χ1v) is 13.9. The van der Waals surface area contributed by atoms with Crippen LogP contribution in [0.15, 0.2) is 30.5 Å². The number of piperidine rings is 1. The van der Waals surface area contributed by atoms with Crippen molar-refractivity contribution in [2.75, 3.05) is 26.2 Å². The number of hydrogen-bond donors (Lipinski definition) is 6. The van der Waals surface area contributed by atoms with Crippen molar-refractivity contribution >= 4 is 57.9 Å². The average molecular weight is 619 g/mol. The van der Waals surface area contributed by atoms with E-state index in [1.54, 1.807) is 35.4 Å². The molecule has 1 aromatic heterocycles. The van der Waals surface area contributed by atoms with Crippen LogP contribution >= 0.6 is 23.2 Å². The van der Waals surface area contributed by atoms with E-state index < -0.39 is 42.7 Å². The number of aromatic nitrogens is 2. The van der Waals surface area contributed by atoms with E-state index in [0.717, 1.165) is 10.9 Å². The molecule has 3 atom stereocenters. The molecule has 1 fully saturated rings. The molecule has 5 rings (SSSR count). The fourth-order valence-corrected chi connectivity index (χ4v) is 5.99. The smallest absolute Gasteiger partial charge is 0.328 e. The molecule has 0 bridgehead atoms. The molecule has 0 radical (unpaired) electrons. The van der Waals surface area contributed by atoms with E-state index in [9.17, 15) is 34.5 Å². The van der Waals surface area contributed by atoms with Crippen LogP contribution in [0, 0.1) is 0 Å². The molecule has 4 amide bonds. The lowest BCUT2D eigenvalue weighted by atomic mass is 9.96. The normalized spacial score (nSPS) is 19.2. The number of benzene rings is 2. The van der Waals surface area contributed by atoms with Gasteiger partial charge in [0.25, 0.3) is 11.8 Å². The van der Waals surface area contributed by atoms with E-state index in [0.29, 0.717) is 29.7 Å². The minimum absolute atomic E-state index is 0.0180. The molecule has 15 heteroatoms. The average Bonchev–Trinajstić information content (AvgIpc) is 3.41. The van der Waals surface area contributed by atoms with Crippen molar-refractivity contribution in [1.29, 1.82) is 0 Å². The highest BCUT2D eigenvalue weighted by atomic mass is 35.5. The van der Waals surface area contributed by atoms with Crippen molar-refractivity contribution in [3.8, 4) is 0 Å². The van der Waals surface area contributed by atoms with Gasteiger partial charge in [0.2, 0.25) is 0 Å². The molecule has 2 aromatic carbocycles. The number of nitrogens with one attached hydrogen (secondary N) is 3. The number of aliphatic hydroxyl groups excluding tert-OH is 2. The van der Waals surface area contributed by atoms with Crippen LogP contribution in [0.5, 0.6) is 0 Å². The van der Waals surface area contributed by atoms with E-state index in [1.807, 2.05) is 0 Å². The molecular weight excluding hydrogens is 591 g/mol. The van der Waals surface area contributed by atoms with Gasteiger partial charge in [0.05, 0.1) is 46.1 Å². The number of aliphatic carboxylic acids is 1. The number of carbonyl (C=O) groups is 4. The second kappa shape index (κ2) is 12.1. The van der Waals surface area contributed by atoms with E-state index in [1.165, 1.54) is 4.90 Å². The Bertz CT molecular complexity index is 1550. The van der Waals surface area contributed by atoms with Gasteiger partial charge < -0.3 is 35.8 Å². The maximum absolute atomic E-state index is 13.2. The molecule has 222 valence electrons. The highest BCUT2D eigenvalue weighted by Gasteiger charge is 2.31. The van der Waals surface area contributed by atoms with Crippen LogP contribution in [0.2, 0.25) is 10.0 Å². The largest absolute Gasteiger partial charge is 0.480 e. The SMILES string of the molecule is O=C(N[C@@H](CNC(=O)N1C[C@H](O)C[C@H](O)C1)C(=O)O)c1c(Cl)cc2c(c1Cl)CCN(C(=O)c1ccc3cn[nH]c3c1)C2. The van der Waals surface area contributed by atoms with Gasteiger partial charge in [-0.15, -0.1) is 0 Å². The number of carboxylic acids is 1. The zero-order chi connectivity index (χ0) is 30.1. The minimum Gasteiger partial charge on any atom is -0.480 e. The number of nitrogens with zero attached hydrogens (tertiary/aromatic N) is 3. The fraction of sp³-hybridized carbons (Fsp3) is 0.370. The minimum atomic E-state index is -1.52. The summed E-state index contributed by atoms with van der Waals surface area (Å²) in [6.07, 6.45) is 0.339. The number of rotatable bonds is 6. The van der Waals surface area contributed by atoms with E-state index in [4.69, 9.17) is 23.2 Å². The summed E-state index contributed by atoms with van der Waals surface area (Å²) in [5.74, 6) is -2.44. The number of carbonyl (C=O) groups excluding carboxylic acids is 3. The van der Waals surface area contributed by atoms with Crippen LogP contribution in [-0.2, 0) is 17.8 Å². The predicted octanol–water partition coefficient (Wildman–Crippen LogP) is 1.39. The molecule has 1 saturated heterocycles. The van der Waals surface area contributed by atoms with Gasteiger partial charge in [0, 0.05) is 43.5 Å². The number of H-pyrrole nitrogens is 1. The second-order valence-corrected chi connectivity index (χ2v) is 11.1. The van der Waals surface area contributed by atoms with Gasteiger partial charge in [0.1, 0.15) is 6.04 Å². The molecule has 0 saturated carbocycles. The molecule has 3 aromatic rings. The molecule has 6 N–H and O–H groups in total. The Morgan fingerprint density at radius 1 is 1.10 bits per heavy atom. The van der Waals surface area contributed by atoms with Gasteiger partial charge in [0.15, 0.2) is 0 Å². The summed E-state index contributed by atoms with van der Waals surface area (Å²) >= 11 is 13.1. The summed E-state index contributed by atoms with van der Waals surface area (Å²) in [5.41, 5.74) is 2.41. The summed E-state index contributed by atoms with van der Waals surface area (Å²) in [6, 6.07) is 4.59. The number of aromatic amines is 1. The Kier molecular flexibility index (Phi) is 8.55. The van der Waals surface area contributed by atoms with Crippen LogP contribution in [-0.4, -0.2) is 104 Å². The van der Waals surface area contributed by atoms with Crippen molar-refractivity contribution < 1.29 is 34.5 Å². The van der Waals surface area contributed by atoms with Crippen LogP contribution in [0.1, 0.15) is 38.3 Å². The number of carboxylic acid groups (broad SMARTS) is 1. The van der Waals surface area contributed by atoms with Crippen LogP contribution in [0.3, 0.4) is 0 Å². The molecule has 13 nitrogen and oxygen atoms in total. The third-order valence-electron chi connectivity index (χ3n) is 7.36. The van der Waals surface area contributed by atoms with Crippen LogP contribution in [0.25, 0.3) is 10.9 Å². The Morgan fingerprint density at radius 2 is 1.83 bits per heavy atom. The number of fused-ring (bicyclic) bond motifs is 2. The van der Waals surface area contributed by atoms with Gasteiger partial charge in [-0.1, -0.05) is 29.3 Å². The van der Waals surface area contributed by atoms with E-state index in [2.05, 4.69) is 20.8 Å². The van der Waals surface area contributed by atoms with Gasteiger partial charge >= 0.3 is 12.0 Å². The number of amides is 4. The highest BCUT2D eigenvalue weighted by molar-refractivity contribution is 6.40. The summed E-state index contributed by atoms with van der Waals surface area (Å²) in [6.45, 7) is 0.0367. The van der Waals surface area contributed by atoms with Crippen molar-refractivity contribution in [2.45, 2.75) is 37.6 Å². The maximum Gasteiger partial charge on any atom is 0.328 e. The molecule has 2 aliphatic rings. The summed E-state index contributed by atoms with van der Waals surface area (Å²) < 4.78 is 0. The summed E-state index contributed by atoms with van der Waals surface area (Å²) in [7, 11) is 0. The van der Waals surface area contributed by atoms with Gasteiger partial charge in [-0.05, 0) is 35.7 Å². The summed E-state index contributed by atoms with van der Waals surface area (Å²) in [4.78, 5) is 53.5. The Morgan fingerprint density at radius 3 is 2.55 bits per heavy atom. The van der Waals surface area contributed by atoms with Crippen molar-refractivity contribution in [2.24, 2.45) is 0 Å². The quantitative estimate of drug-likeness (QED) is 0.239. The third-order valence-corrected chi connectivity index (χ3v) is 8.08. The predicted molar refractivity (Wildman–Crippen MR) is 151 cm³/mol. The monoisotopic (exact) mass is 618 g/mol. The Hall–Kier alpha value is -3.91. The molecular formula is C27H28Cl2N6O7. The Balaban J connectivity index is 1.26.